The molecule has 2 atom stereocenters. The maximum absolute atomic E-state index is 14.0. The van der Waals surface area contributed by atoms with E-state index in [0.717, 1.165) is 18.5 Å². The summed E-state index contributed by atoms with van der Waals surface area (Å²) in [6, 6.07) is 5.56. The Morgan fingerprint density at radius 1 is 1.35 bits per heavy atom. The fourth-order valence-corrected chi connectivity index (χ4v) is 2.81. The molecule has 17 heavy (non-hydrogen) atoms. The minimum atomic E-state index is -0.149. The summed E-state index contributed by atoms with van der Waals surface area (Å²) in [5.41, 5.74) is 1.61. The Labute approximate surface area is 108 Å². The first-order valence-corrected chi connectivity index (χ1v) is 6.77. The summed E-state index contributed by atoms with van der Waals surface area (Å²) in [5, 5.41) is 0. The van der Waals surface area contributed by atoms with Gasteiger partial charge in [0.15, 0.2) is 0 Å². The van der Waals surface area contributed by atoms with Crippen LogP contribution in [0.1, 0.15) is 32.3 Å². The Hall–Kier alpha value is -0.760. The van der Waals surface area contributed by atoms with Crippen LogP contribution in [0, 0.1) is 11.7 Å². The number of alkyl halides is 1. The highest BCUT2D eigenvalue weighted by molar-refractivity contribution is 6.17. The first kappa shape index (κ1) is 12.7. The predicted molar refractivity (Wildman–Crippen MR) is 71.2 cm³/mol. The zero-order valence-corrected chi connectivity index (χ0v) is 11.2. The van der Waals surface area contributed by atoms with Gasteiger partial charge in [0, 0.05) is 18.5 Å². The van der Waals surface area contributed by atoms with Crippen molar-refractivity contribution in [3.63, 3.8) is 0 Å². The molecule has 1 aromatic rings. The zero-order chi connectivity index (χ0) is 12.4. The van der Waals surface area contributed by atoms with Crippen LogP contribution in [0.25, 0.3) is 0 Å². The second kappa shape index (κ2) is 5.26. The number of para-hydroxylation sites is 1. The third-order valence-corrected chi connectivity index (χ3v) is 3.91. The minimum absolute atomic E-state index is 0.149. The minimum Gasteiger partial charge on any atom is -0.366 e. The van der Waals surface area contributed by atoms with Gasteiger partial charge in [-0.1, -0.05) is 19.1 Å². The van der Waals surface area contributed by atoms with Crippen LogP contribution >= 0.6 is 11.6 Å². The fourth-order valence-electron chi connectivity index (χ4n) is 2.59. The van der Waals surface area contributed by atoms with Crippen molar-refractivity contribution in [3.8, 4) is 0 Å². The molecule has 1 aromatic carbocycles. The molecule has 0 aromatic heterocycles. The number of anilines is 1. The summed E-state index contributed by atoms with van der Waals surface area (Å²) in [4.78, 5) is 2.18. The molecule has 0 aliphatic carbocycles. The molecule has 0 N–H and O–H groups in total. The molecule has 0 amide bonds. The molecule has 1 fully saturated rings. The number of hydrogen-bond acceptors (Lipinski definition) is 1. The van der Waals surface area contributed by atoms with Crippen molar-refractivity contribution in [3.05, 3.63) is 29.6 Å². The molecule has 0 spiro atoms. The molecule has 2 unspecified atom stereocenters. The van der Waals surface area contributed by atoms with E-state index in [-0.39, 0.29) is 5.82 Å². The molecule has 0 radical (unpaired) electrons. The summed E-state index contributed by atoms with van der Waals surface area (Å²) in [6.45, 7) is 5.31. The Morgan fingerprint density at radius 2 is 2.12 bits per heavy atom. The van der Waals surface area contributed by atoms with E-state index in [9.17, 15) is 4.39 Å². The SMILES string of the molecule is CC1CCC(C)N(c2c(F)cccc2CCl)C1. The third-order valence-electron chi connectivity index (χ3n) is 3.62. The van der Waals surface area contributed by atoms with E-state index in [4.69, 9.17) is 11.6 Å². The van der Waals surface area contributed by atoms with Gasteiger partial charge >= 0.3 is 0 Å². The van der Waals surface area contributed by atoms with Crippen molar-refractivity contribution >= 4 is 17.3 Å². The average molecular weight is 256 g/mol. The standard InChI is InChI=1S/C14H19ClFN/c1-10-6-7-11(2)17(9-10)14-12(8-15)4-3-5-13(14)16/h3-5,10-11H,6-9H2,1-2H3. The van der Waals surface area contributed by atoms with Gasteiger partial charge in [-0.25, -0.2) is 4.39 Å². The lowest BCUT2D eigenvalue weighted by Crippen LogP contribution is -2.42. The first-order valence-electron chi connectivity index (χ1n) is 6.23. The maximum atomic E-state index is 14.0. The Balaban J connectivity index is 2.37. The second-order valence-corrected chi connectivity index (χ2v) is 5.33. The maximum Gasteiger partial charge on any atom is 0.146 e. The molecule has 3 heteroatoms. The van der Waals surface area contributed by atoms with E-state index in [1.807, 2.05) is 6.07 Å². The molecule has 0 bridgehead atoms. The van der Waals surface area contributed by atoms with Crippen molar-refractivity contribution in [2.75, 3.05) is 11.4 Å². The van der Waals surface area contributed by atoms with E-state index in [2.05, 4.69) is 18.7 Å². The number of rotatable bonds is 2. The lowest BCUT2D eigenvalue weighted by Gasteiger charge is -2.39. The Bertz CT molecular complexity index is 394. The molecule has 94 valence electrons. The van der Waals surface area contributed by atoms with Gasteiger partial charge in [0.1, 0.15) is 5.82 Å². The van der Waals surface area contributed by atoms with Gasteiger partial charge in [-0.2, -0.15) is 0 Å². The Kier molecular flexibility index (Phi) is 3.93. The highest BCUT2D eigenvalue weighted by Crippen LogP contribution is 2.32. The van der Waals surface area contributed by atoms with Crippen LogP contribution in [-0.2, 0) is 5.88 Å². The van der Waals surface area contributed by atoms with E-state index in [1.54, 1.807) is 6.07 Å². The van der Waals surface area contributed by atoms with E-state index in [0.29, 0.717) is 23.5 Å². The van der Waals surface area contributed by atoms with Gasteiger partial charge in [-0.05, 0) is 37.3 Å². The van der Waals surface area contributed by atoms with Crippen LogP contribution in [0.15, 0.2) is 18.2 Å². The topological polar surface area (TPSA) is 3.24 Å². The second-order valence-electron chi connectivity index (χ2n) is 5.07. The molecule has 0 saturated carbocycles. The van der Waals surface area contributed by atoms with Crippen LogP contribution < -0.4 is 4.90 Å². The predicted octanol–water partition coefficient (Wildman–Crippen LogP) is 4.19. The van der Waals surface area contributed by atoms with Gasteiger partial charge in [-0.3, -0.25) is 0 Å². The summed E-state index contributed by atoms with van der Waals surface area (Å²) in [5.74, 6) is 0.836. The number of benzene rings is 1. The van der Waals surface area contributed by atoms with Gasteiger partial charge in [0.25, 0.3) is 0 Å². The lowest BCUT2D eigenvalue weighted by atomic mass is 9.94. The molecule has 1 aliphatic heterocycles. The largest absolute Gasteiger partial charge is 0.366 e. The van der Waals surface area contributed by atoms with Crippen LogP contribution in [-0.4, -0.2) is 12.6 Å². The van der Waals surface area contributed by atoms with Gasteiger partial charge < -0.3 is 4.90 Å². The molecular weight excluding hydrogens is 237 g/mol. The highest BCUT2D eigenvalue weighted by Gasteiger charge is 2.26. The van der Waals surface area contributed by atoms with Crippen LogP contribution in [0.5, 0.6) is 0 Å². The van der Waals surface area contributed by atoms with E-state index in [1.165, 1.54) is 12.5 Å². The van der Waals surface area contributed by atoms with Gasteiger partial charge in [0.05, 0.1) is 5.69 Å². The molecule has 1 aliphatic rings. The Morgan fingerprint density at radius 3 is 2.82 bits per heavy atom. The lowest BCUT2D eigenvalue weighted by molar-refractivity contribution is 0.386. The summed E-state index contributed by atoms with van der Waals surface area (Å²) in [7, 11) is 0. The monoisotopic (exact) mass is 255 g/mol. The van der Waals surface area contributed by atoms with Crippen molar-refractivity contribution in [1.82, 2.24) is 0 Å². The molecule has 1 saturated heterocycles. The summed E-state index contributed by atoms with van der Waals surface area (Å²) >= 11 is 5.91. The van der Waals surface area contributed by atoms with Crippen LogP contribution in [0.3, 0.4) is 0 Å². The molecular formula is C14H19ClFN. The van der Waals surface area contributed by atoms with Gasteiger partial charge in [0.2, 0.25) is 0 Å². The van der Waals surface area contributed by atoms with Gasteiger partial charge in [-0.15, -0.1) is 11.6 Å². The van der Waals surface area contributed by atoms with E-state index < -0.39 is 0 Å². The van der Waals surface area contributed by atoms with Crippen molar-refractivity contribution in [2.45, 2.75) is 38.6 Å². The van der Waals surface area contributed by atoms with Crippen molar-refractivity contribution in [1.29, 1.82) is 0 Å². The average Bonchev–Trinajstić information content (AvgIpc) is 2.32. The van der Waals surface area contributed by atoms with E-state index >= 15 is 0 Å². The summed E-state index contributed by atoms with van der Waals surface area (Å²) < 4.78 is 14.0. The highest BCUT2D eigenvalue weighted by atomic mass is 35.5. The number of halogens is 2. The smallest absolute Gasteiger partial charge is 0.146 e. The van der Waals surface area contributed by atoms with Crippen LogP contribution in [0.4, 0.5) is 10.1 Å². The molecule has 2 rings (SSSR count). The van der Waals surface area contributed by atoms with Crippen molar-refractivity contribution in [2.24, 2.45) is 5.92 Å². The number of piperidine rings is 1. The van der Waals surface area contributed by atoms with Crippen molar-refractivity contribution < 1.29 is 4.39 Å². The quantitative estimate of drug-likeness (QED) is 0.717. The normalized spacial score (nSPS) is 25.1. The first-order chi connectivity index (χ1) is 8.13. The third kappa shape index (κ3) is 2.57. The molecule has 1 nitrogen and oxygen atoms in total. The summed E-state index contributed by atoms with van der Waals surface area (Å²) in [6.07, 6.45) is 2.35. The van der Waals surface area contributed by atoms with Crippen LogP contribution in [0.2, 0.25) is 0 Å². The molecule has 1 heterocycles. The zero-order valence-electron chi connectivity index (χ0n) is 10.4. The number of nitrogens with zero attached hydrogens (tertiary/aromatic N) is 1. The number of hydrogen-bond donors (Lipinski definition) is 0. The fraction of sp³-hybridized carbons (Fsp3) is 0.571.